The van der Waals surface area contributed by atoms with Crippen LogP contribution in [0.25, 0.3) is 0 Å². The predicted molar refractivity (Wildman–Crippen MR) is 89.9 cm³/mol. The molecule has 0 amide bonds. The maximum absolute atomic E-state index is 10.6. The van der Waals surface area contributed by atoms with E-state index in [-0.39, 0.29) is 11.7 Å². The van der Waals surface area contributed by atoms with Crippen molar-refractivity contribution < 1.29 is 4.92 Å². The first-order valence-electron chi connectivity index (χ1n) is 7.33. The van der Waals surface area contributed by atoms with Gasteiger partial charge in [0.25, 0.3) is 5.69 Å². The van der Waals surface area contributed by atoms with E-state index < -0.39 is 4.92 Å². The highest BCUT2D eigenvalue weighted by atomic mass is 16.6. The van der Waals surface area contributed by atoms with Crippen LogP contribution in [0.3, 0.4) is 0 Å². The quantitative estimate of drug-likeness (QED) is 0.267. The van der Waals surface area contributed by atoms with Gasteiger partial charge in [-0.15, -0.1) is 6.58 Å². The number of aliphatic imine (C=N–C) groups is 1. The van der Waals surface area contributed by atoms with Crippen molar-refractivity contribution in [2.24, 2.45) is 10.9 Å². The fourth-order valence-electron chi connectivity index (χ4n) is 1.60. The monoisotopic (exact) mass is 304 g/mol. The Hall–Kier alpha value is -2.37. The Labute approximate surface area is 131 Å². The molecule has 0 bridgehead atoms. The average molecular weight is 304 g/mol. The van der Waals surface area contributed by atoms with Gasteiger partial charge in [0.1, 0.15) is 0 Å². The minimum atomic E-state index is -0.407. The lowest BCUT2D eigenvalue weighted by atomic mass is 10.1. The molecule has 2 N–H and O–H groups in total. The summed E-state index contributed by atoms with van der Waals surface area (Å²) < 4.78 is 0. The number of rotatable bonds is 7. The number of hydrogen-bond donors (Lipinski definition) is 2. The summed E-state index contributed by atoms with van der Waals surface area (Å²) >= 11 is 0. The predicted octanol–water partition coefficient (Wildman–Crippen LogP) is 2.86. The molecule has 0 fully saturated rings. The van der Waals surface area contributed by atoms with Gasteiger partial charge in [-0.1, -0.05) is 32.1 Å². The van der Waals surface area contributed by atoms with Gasteiger partial charge in [0.2, 0.25) is 0 Å². The largest absolute Gasteiger partial charge is 0.354 e. The number of nitrogens with zero attached hydrogens (tertiary/aromatic N) is 2. The van der Waals surface area contributed by atoms with Crippen molar-refractivity contribution in [3.05, 3.63) is 52.6 Å². The summed E-state index contributed by atoms with van der Waals surface area (Å²) in [5.74, 6) is 1.19. The van der Waals surface area contributed by atoms with Crippen molar-refractivity contribution in [2.45, 2.75) is 33.4 Å². The zero-order valence-corrected chi connectivity index (χ0v) is 13.4. The summed E-state index contributed by atoms with van der Waals surface area (Å²) in [5, 5.41) is 17.1. The lowest BCUT2D eigenvalue weighted by Crippen LogP contribution is -2.44. The molecule has 0 spiro atoms. The Balaban J connectivity index is 2.74. The van der Waals surface area contributed by atoms with Gasteiger partial charge in [-0.05, 0) is 18.4 Å². The molecule has 0 heterocycles. The van der Waals surface area contributed by atoms with Gasteiger partial charge < -0.3 is 10.6 Å². The summed E-state index contributed by atoms with van der Waals surface area (Å²) in [5.41, 5.74) is 1.01. The van der Waals surface area contributed by atoms with Crippen LogP contribution in [-0.4, -0.2) is 23.5 Å². The van der Waals surface area contributed by atoms with Crippen LogP contribution >= 0.6 is 0 Å². The summed E-state index contributed by atoms with van der Waals surface area (Å²) in [6.07, 6.45) is 1.77. The van der Waals surface area contributed by atoms with Crippen LogP contribution in [0.5, 0.6) is 0 Å². The number of hydrogen-bond acceptors (Lipinski definition) is 3. The standard InChI is InChI=1S/C16H24N4O2/c1-5-10-17-16(19-13(4)12(2)3)18-11-14-6-8-15(9-7-14)20(21)22/h5-9,12-13H,1,10-11H2,2-4H3,(H2,17,18,19). The van der Waals surface area contributed by atoms with Crippen molar-refractivity contribution in [2.75, 3.05) is 6.54 Å². The summed E-state index contributed by atoms with van der Waals surface area (Å²) in [4.78, 5) is 14.7. The van der Waals surface area contributed by atoms with Crippen LogP contribution in [-0.2, 0) is 6.54 Å². The van der Waals surface area contributed by atoms with Crippen LogP contribution in [0.15, 0.2) is 41.9 Å². The molecule has 6 nitrogen and oxygen atoms in total. The Morgan fingerprint density at radius 3 is 2.50 bits per heavy atom. The molecule has 1 rings (SSSR count). The zero-order valence-electron chi connectivity index (χ0n) is 13.4. The molecule has 0 aliphatic heterocycles. The van der Waals surface area contributed by atoms with Crippen LogP contribution in [0, 0.1) is 16.0 Å². The molecular formula is C16H24N4O2. The lowest BCUT2D eigenvalue weighted by molar-refractivity contribution is -0.384. The maximum Gasteiger partial charge on any atom is 0.269 e. The Kier molecular flexibility index (Phi) is 7.08. The number of nitrogens with one attached hydrogen (secondary N) is 2. The smallest absolute Gasteiger partial charge is 0.269 e. The molecule has 0 aliphatic carbocycles. The number of nitro benzene ring substituents is 1. The van der Waals surface area contributed by atoms with Gasteiger partial charge in [-0.25, -0.2) is 4.99 Å². The molecule has 0 radical (unpaired) electrons. The van der Waals surface area contributed by atoms with E-state index in [4.69, 9.17) is 0 Å². The first-order valence-corrected chi connectivity index (χ1v) is 7.33. The molecule has 120 valence electrons. The zero-order chi connectivity index (χ0) is 16.5. The van der Waals surface area contributed by atoms with E-state index in [1.807, 2.05) is 0 Å². The second-order valence-electron chi connectivity index (χ2n) is 5.43. The van der Waals surface area contributed by atoms with Gasteiger partial charge in [0, 0.05) is 24.7 Å². The summed E-state index contributed by atoms with van der Waals surface area (Å²) in [6, 6.07) is 6.71. The molecule has 6 heteroatoms. The minimum absolute atomic E-state index is 0.0873. The average Bonchev–Trinajstić information content (AvgIpc) is 2.50. The van der Waals surface area contributed by atoms with Crippen molar-refractivity contribution in [1.82, 2.24) is 10.6 Å². The van der Waals surface area contributed by atoms with Crippen LogP contribution in [0.2, 0.25) is 0 Å². The minimum Gasteiger partial charge on any atom is -0.354 e. The van der Waals surface area contributed by atoms with Gasteiger partial charge in [0.05, 0.1) is 11.5 Å². The molecule has 1 atom stereocenters. The number of non-ortho nitro benzene ring substituents is 1. The summed E-state index contributed by atoms with van der Waals surface area (Å²) in [6.45, 7) is 11.1. The third-order valence-corrected chi connectivity index (χ3v) is 3.35. The highest BCUT2D eigenvalue weighted by molar-refractivity contribution is 5.80. The van der Waals surface area contributed by atoms with Crippen LogP contribution in [0.1, 0.15) is 26.3 Å². The van der Waals surface area contributed by atoms with Crippen molar-refractivity contribution in [1.29, 1.82) is 0 Å². The third kappa shape index (κ3) is 5.95. The molecule has 22 heavy (non-hydrogen) atoms. The van der Waals surface area contributed by atoms with E-state index in [2.05, 4.69) is 43.0 Å². The van der Waals surface area contributed by atoms with Crippen molar-refractivity contribution >= 4 is 11.6 Å². The second kappa shape index (κ2) is 8.81. The molecular weight excluding hydrogens is 280 g/mol. The Morgan fingerprint density at radius 1 is 1.36 bits per heavy atom. The first kappa shape index (κ1) is 17.7. The molecule has 0 saturated carbocycles. The highest BCUT2D eigenvalue weighted by Crippen LogP contribution is 2.12. The fraction of sp³-hybridized carbons (Fsp3) is 0.438. The van der Waals surface area contributed by atoms with E-state index in [1.165, 1.54) is 12.1 Å². The van der Waals surface area contributed by atoms with E-state index in [0.717, 1.165) is 5.56 Å². The van der Waals surface area contributed by atoms with Crippen molar-refractivity contribution in [3.63, 3.8) is 0 Å². The Morgan fingerprint density at radius 2 is 2.00 bits per heavy atom. The van der Waals surface area contributed by atoms with Gasteiger partial charge in [-0.2, -0.15) is 0 Å². The lowest BCUT2D eigenvalue weighted by Gasteiger charge is -2.20. The molecule has 1 aromatic rings. The third-order valence-electron chi connectivity index (χ3n) is 3.35. The molecule has 0 aromatic heterocycles. The molecule has 1 unspecified atom stereocenters. The molecule has 0 saturated heterocycles. The van der Waals surface area contributed by atoms with Gasteiger partial charge in [-0.3, -0.25) is 10.1 Å². The molecule has 1 aromatic carbocycles. The highest BCUT2D eigenvalue weighted by Gasteiger charge is 2.09. The van der Waals surface area contributed by atoms with E-state index in [9.17, 15) is 10.1 Å². The Bertz CT molecular complexity index is 523. The van der Waals surface area contributed by atoms with Crippen molar-refractivity contribution in [3.8, 4) is 0 Å². The van der Waals surface area contributed by atoms with E-state index in [1.54, 1.807) is 18.2 Å². The van der Waals surface area contributed by atoms with Crippen LogP contribution in [0.4, 0.5) is 5.69 Å². The number of guanidine groups is 1. The normalized spacial score (nSPS) is 12.8. The maximum atomic E-state index is 10.6. The number of nitro groups is 1. The SMILES string of the molecule is C=CCNC(=NCc1ccc([N+](=O)[O-])cc1)NC(C)C(C)C. The first-order chi connectivity index (χ1) is 10.4. The number of benzene rings is 1. The molecule has 0 aliphatic rings. The summed E-state index contributed by atoms with van der Waals surface area (Å²) in [7, 11) is 0. The van der Waals surface area contributed by atoms with Gasteiger partial charge in [0.15, 0.2) is 5.96 Å². The van der Waals surface area contributed by atoms with E-state index in [0.29, 0.717) is 25.0 Å². The van der Waals surface area contributed by atoms with Crippen LogP contribution < -0.4 is 10.6 Å². The fourth-order valence-corrected chi connectivity index (χ4v) is 1.60. The van der Waals surface area contributed by atoms with E-state index >= 15 is 0 Å². The topological polar surface area (TPSA) is 79.6 Å². The van der Waals surface area contributed by atoms with Gasteiger partial charge >= 0.3 is 0 Å². The second-order valence-corrected chi connectivity index (χ2v) is 5.43.